The van der Waals surface area contributed by atoms with Crippen molar-refractivity contribution in [3.63, 3.8) is 0 Å². The third-order valence-corrected chi connectivity index (χ3v) is 8.30. The minimum absolute atomic E-state index is 0.426. The lowest BCUT2D eigenvalue weighted by atomic mass is 10.1. The lowest BCUT2D eigenvalue weighted by Gasteiger charge is -2.20. The van der Waals surface area contributed by atoms with Gasteiger partial charge in [0.2, 0.25) is 0 Å². The number of nitrogens with zero attached hydrogens (tertiary/aromatic N) is 2. The van der Waals surface area contributed by atoms with E-state index in [-0.39, 0.29) is 0 Å². The molecule has 0 spiro atoms. The average Bonchev–Trinajstić information content (AvgIpc) is 2.79. The summed E-state index contributed by atoms with van der Waals surface area (Å²) in [7, 11) is -3.06. The molecule has 29 heavy (non-hydrogen) atoms. The molecule has 5 rings (SSSR count). The summed E-state index contributed by atoms with van der Waals surface area (Å²) in [6, 6.07) is 28.8. The number of fused-ring (bicyclic) bond motifs is 3. The van der Waals surface area contributed by atoms with Crippen molar-refractivity contribution >= 4 is 56.5 Å². The summed E-state index contributed by atoms with van der Waals surface area (Å²) in [6.07, 6.45) is 1.71. The van der Waals surface area contributed by atoms with Crippen molar-refractivity contribution in [2.75, 3.05) is 0 Å². The summed E-state index contributed by atoms with van der Waals surface area (Å²) in [5, 5.41) is 4.55. The van der Waals surface area contributed by atoms with E-state index in [1.54, 1.807) is 12.3 Å². The van der Waals surface area contributed by atoms with Gasteiger partial charge >= 0.3 is 0 Å². The molecule has 2 aromatic heterocycles. The van der Waals surface area contributed by atoms with Gasteiger partial charge in [0.1, 0.15) is 5.15 Å². The Morgan fingerprint density at radius 1 is 0.655 bits per heavy atom. The number of benzene rings is 3. The predicted molar refractivity (Wildman–Crippen MR) is 121 cm³/mol. The van der Waals surface area contributed by atoms with Gasteiger partial charge in [-0.05, 0) is 18.2 Å². The standard InChI is InChI=1S/C24H16ClN2OP/c25-22-14-13-17-11-12-18-15-21(16-26-23(18)24(17)27-22)29(28,19-7-3-1-4-8-19)20-9-5-2-6-10-20/h1-16H. The van der Waals surface area contributed by atoms with E-state index in [4.69, 9.17) is 11.6 Å². The first-order valence-electron chi connectivity index (χ1n) is 9.23. The van der Waals surface area contributed by atoms with Crippen LogP contribution in [0, 0.1) is 0 Å². The predicted octanol–water partition coefficient (Wildman–Crippen LogP) is 5.08. The highest BCUT2D eigenvalue weighted by Gasteiger charge is 2.30. The summed E-state index contributed by atoms with van der Waals surface area (Å²) in [5.41, 5.74) is 1.50. The van der Waals surface area contributed by atoms with Crippen molar-refractivity contribution in [2.24, 2.45) is 0 Å². The molecule has 3 aromatic carbocycles. The monoisotopic (exact) mass is 414 g/mol. The van der Waals surface area contributed by atoms with Gasteiger partial charge in [-0.15, -0.1) is 0 Å². The first-order chi connectivity index (χ1) is 14.2. The van der Waals surface area contributed by atoms with Crippen LogP contribution in [0.4, 0.5) is 0 Å². The molecule has 5 aromatic rings. The maximum atomic E-state index is 14.5. The fourth-order valence-electron chi connectivity index (χ4n) is 3.64. The Labute approximate surface area is 173 Å². The second kappa shape index (κ2) is 7.11. The van der Waals surface area contributed by atoms with Crippen LogP contribution in [0.15, 0.2) is 97.2 Å². The van der Waals surface area contributed by atoms with E-state index in [0.717, 1.165) is 32.4 Å². The minimum atomic E-state index is -3.06. The van der Waals surface area contributed by atoms with Crippen LogP contribution in [0.5, 0.6) is 0 Å². The molecule has 0 aliphatic carbocycles. The fraction of sp³-hybridized carbons (Fsp3) is 0. The van der Waals surface area contributed by atoms with E-state index in [0.29, 0.717) is 10.5 Å². The van der Waals surface area contributed by atoms with Crippen molar-refractivity contribution in [3.8, 4) is 0 Å². The highest BCUT2D eigenvalue weighted by molar-refractivity contribution is 7.85. The fourth-order valence-corrected chi connectivity index (χ4v) is 6.41. The Morgan fingerprint density at radius 2 is 1.24 bits per heavy atom. The van der Waals surface area contributed by atoms with Crippen LogP contribution in [-0.4, -0.2) is 9.97 Å². The molecule has 5 heteroatoms. The molecular weight excluding hydrogens is 399 g/mol. The highest BCUT2D eigenvalue weighted by atomic mass is 35.5. The summed E-state index contributed by atoms with van der Waals surface area (Å²) < 4.78 is 14.5. The molecule has 0 N–H and O–H groups in total. The van der Waals surface area contributed by atoms with Gasteiger partial charge < -0.3 is 4.57 Å². The molecule has 0 amide bonds. The van der Waals surface area contributed by atoms with Gasteiger partial charge in [-0.2, -0.15) is 0 Å². The van der Waals surface area contributed by atoms with Gasteiger partial charge in [0.15, 0.2) is 7.14 Å². The lowest BCUT2D eigenvalue weighted by molar-refractivity contribution is 0.592. The molecule has 0 aliphatic rings. The van der Waals surface area contributed by atoms with Gasteiger partial charge in [-0.3, -0.25) is 4.98 Å². The molecule has 3 nitrogen and oxygen atoms in total. The van der Waals surface area contributed by atoms with E-state index in [1.807, 2.05) is 84.9 Å². The number of rotatable bonds is 3. The van der Waals surface area contributed by atoms with Gasteiger partial charge in [-0.1, -0.05) is 84.4 Å². The van der Waals surface area contributed by atoms with Crippen LogP contribution in [-0.2, 0) is 4.57 Å². The van der Waals surface area contributed by atoms with Crippen LogP contribution in [0.3, 0.4) is 0 Å². The molecule has 0 aliphatic heterocycles. The highest BCUT2D eigenvalue weighted by Crippen LogP contribution is 2.42. The van der Waals surface area contributed by atoms with Crippen molar-refractivity contribution in [3.05, 3.63) is 102 Å². The topological polar surface area (TPSA) is 42.9 Å². The molecule has 0 bridgehead atoms. The van der Waals surface area contributed by atoms with Crippen LogP contribution >= 0.6 is 18.7 Å². The van der Waals surface area contributed by atoms with Gasteiger partial charge in [0.25, 0.3) is 0 Å². The quantitative estimate of drug-likeness (QED) is 0.235. The number of pyridine rings is 2. The zero-order valence-electron chi connectivity index (χ0n) is 15.4. The largest absolute Gasteiger partial charge is 0.309 e. The Bertz CT molecular complexity index is 1340. The van der Waals surface area contributed by atoms with Gasteiger partial charge in [0, 0.05) is 32.9 Å². The average molecular weight is 415 g/mol. The second-order valence-electron chi connectivity index (χ2n) is 6.82. The minimum Gasteiger partial charge on any atom is -0.309 e. The Kier molecular flexibility index (Phi) is 4.43. The van der Waals surface area contributed by atoms with Crippen molar-refractivity contribution < 1.29 is 4.57 Å². The second-order valence-corrected chi connectivity index (χ2v) is 9.97. The van der Waals surface area contributed by atoms with E-state index >= 15 is 0 Å². The zero-order chi connectivity index (χ0) is 19.8. The van der Waals surface area contributed by atoms with Crippen LogP contribution in [0.2, 0.25) is 5.15 Å². The number of halogens is 1. The van der Waals surface area contributed by atoms with E-state index in [1.165, 1.54) is 0 Å². The molecule has 0 radical (unpaired) electrons. The first kappa shape index (κ1) is 18.1. The molecular formula is C24H16ClN2OP. The molecule has 0 saturated carbocycles. The summed E-state index contributed by atoms with van der Waals surface area (Å²) in [4.78, 5) is 9.12. The third kappa shape index (κ3) is 3.04. The maximum absolute atomic E-state index is 14.5. The number of aromatic nitrogens is 2. The molecule has 0 saturated heterocycles. The van der Waals surface area contributed by atoms with Crippen molar-refractivity contribution in [2.45, 2.75) is 0 Å². The third-order valence-electron chi connectivity index (χ3n) is 5.07. The lowest BCUT2D eigenvalue weighted by Crippen LogP contribution is -2.25. The normalized spacial score (nSPS) is 11.8. The molecule has 140 valence electrons. The molecule has 0 atom stereocenters. The first-order valence-corrected chi connectivity index (χ1v) is 11.3. The SMILES string of the molecule is O=P(c1ccccc1)(c1ccccc1)c1cnc2c(ccc3ccc(Cl)nc32)c1. The smallest absolute Gasteiger partial charge is 0.172 e. The summed E-state index contributed by atoms with van der Waals surface area (Å²) in [6.45, 7) is 0. The Hall–Kier alpha value is -3.00. The Balaban J connectivity index is 1.79. The maximum Gasteiger partial charge on any atom is 0.172 e. The molecule has 0 unspecified atom stereocenters. The van der Waals surface area contributed by atoms with Crippen LogP contribution in [0.1, 0.15) is 0 Å². The molecule has 2 heterocycles. The van der Waals surface area contributed by atoms with Crippen molar-refractivity contribution in [1.29, 1.82) is 0 Å². The van der Waals surface area contributed by atoms with Crippen LogP contribution in [0.25, 0.3) is 21.8 Å². The van der Waals surface area contributed by atoms with Gasteiger partial charge in [0.05, 0.1) is 11.0 Å². The van der Waals surface area contributed by atoms with E-state index in [9.17, 15) is 4.57 Å². The summed E-state index contributed by atoms with van der Waals surface area (Å²) >= 11 is 6.10. The Morgan fingerprint density at radius 3 is 1.90 bits per heavy atom. The number of hydrogen-bond donors (Lipinski definition) is 0. The zero-order valence-corrected chi connectivity index (χ0v) is 17.0. The molecule has 0 fully saturated rings. The van der Waals surface area contributed by atoms with Gasteiger partial charge in [-0.25, -0.2) is 4.98 Å². The van der Waals surface area contributed by atoms with Crippen molar-refractivity contribution in [1.82, 2.24) is 9.97 Å². The summed E-state index contributed by atoms with van der Waals surface area (Å²) in [5.74, 6) is 0. The van der Waals surface area contributed by atoms with E-state index in [2.05, 4.69) is 9.97 Å². The number of hydrogen-bond acceptors (Lipinski definition) is 3. The van der Waals surface area contributed by atoms with Crippen LogP contribution < -0.4 is 15.9 Å². The van der Waals surface area contributed by atoms with E-state index < -0.39 is 7.14 Å².